The van der Waals surface area contributed by atoms with Crippen molar-refractivity contribution in [2.45, 2.75) is 0 Å². The Hall–Kier alpha value is -3.70. The first-order valence-electron chi connectivity index (χ1n) is 8.73. The van der Waals surface area contributed by atoms with Gasteiger partial charge in [-0.3, -0.25) is 9.59 Å². The summed E-state index contributed by atoms with van der Waals surface area (Å²) in [4.78, 5) is 24.8. The topological polar surface area (TPSA) is 94.0 Å². The molecule has 1 heterocycles. The molecule has 0 atom stereocenters. The molecule has 1 aromatic heterocycles. The summed E-state index contributed by atoms with van der Waals surface area (Å²) in [6.45, 7) is 0.542. The molecule has 3 aromatic rings. The van der Waals surface area contributed by atoms with E-state index in [1.807, 2.05) is 6.07 Å². The Morgan fingerprint density at radius 1 is 1.00 bits per heavy atom. The molecule has 0 aliphatic heterocycles. The van der Waals surface area contributed by atoms with Gasteiger partial charge in [-0.15, -0.1) is 0 Å². The number of carbonyl (C=O) groups is 2. The molecule has 0 aliphatic rings. The lowest BCUT2D eigenvalue weighted by atomic mass is 10.1. The summed E-state index contributed by atoms with van der Waals surface area (Å²) in [5.41, 5.74) is 1.56. The quantitative estimate of drug-likeness (QED) is 0.518. The van der Waals surface area contributed by atoms with E-state index >= 15 is 0 Å². The van der Waals surface area contributed by atoms with Crippen LogP contribution in [-0.4, -0.2) is 24.9 Å². The highest BCUT2D eigenvalue weighted by Crippen LogP contribution is 2.18. The van der Waals surface area contributed by atoms with E-state index in [1.54, 1.807) is 47.2 Å². The Bertz CT molecular complexity index is 1060. The van der Waals surface area contributed by atoms with E-state index in [0.717, 1.165) is 0 Å². The maximum Gasteiger partial charge on any atom is 0.256 e. The Balaban J connectivity index is 1.58. The molecule has 0 bridgehead atoms. The van der Waals surface area contributed by atoms with Gasteiger partial charge < -0.3 is 16.0 Å². The molecule has 2 amide bonds. The molecular weight excluding hydrogens is 391 g/mol. The second-order valence-electron chi connectivity index (χ2n) is 5.97. The maximum absolute atomic E-state index is 13.6. The summed E-state index contributed by atoms with van der Waals surface area (Å²) in [5.74, 6) is -1.24. The molecule has 0 spiro atoms. The number of nitriles is 1. The van der Waals surface area contributed by atoms with Gasteiger partial charge in [0.2, 0.25) is 0 Å². The molecule has 29 heavy (non-hydrogen) atoms. The van der Waals surface area contributed by atoms with E-state index < -0.39 is 5.82 Å². The molecule has 2 aromatic carbocycles. The van der Waals surface area contributed by atoms with Gasteiger partial charge in [-0.05, 0) is 35.7 Å². The van der Waals surface area contributed by atoms with Gasteiger partial charge >= 0.3 is 0 Å². The number of nitrogens with zero attached hydrogens (tertiary/aromatic N) is 1. The number of para-hydroxylation sites is 1. The highest BCUT2D eigenvalue weighted by Gasteiger charge is 2.14. The van der Waals surface area contributed by atoms with Crippen molar-refractivity contribution in [3.05, 3.63) is 81.8 Å². The largest absolute Gasteiger partial charge is 0.382 e. The molecule has 8 heteroatoms. The van der Waals surface area contributed by atoms with Crippen LogP contribution in [0.15, 0.2) is 59.3 Å². The van der Waals surface area contributed by atoms with Crippen molar-refractivity contribution in [3.8, 4) is 6.07 Å². The second kappa shape index (κ2) is 9.48. The Morgan fingerprint density at radius 2 is 1.79 bits per heavy atom. The molecule has 3 N–H and O–H groups in total. The lowest BCUT2D eigenvalue weighted by Crippen LogP contribution is -2.29. The fraction of sp³-hybridized carbons (Fsp3) is 0.0952. The van der Waals surface area contributed by atoms with Gasteiger partial charge in [0.25, 0.3) is 11.8 Å². The Labute approximate surface area is 171 Å². The number of carbonyl (C=O) groups excluding carboxylic acids is 2. The molecule has 6 nitrogen and oxygen atoms in total. The first kappa shape index (κ1) is 20.0. The predicted octanol–water partition coefficient (Wildman–Crippen LogP) is 3.85. The van der Waals surface area contributed by atoms with Gasteiger partial charge in [-0.1, -0.05) is 18.2 Å². The standard InChI is InChI=1S/C21H17FN4O2S/c22-17-5-3-7-18(16(17)12-23)24-9-10-25-21(28)15-4-1-2-6-19(15)26-20(27)14-8-11-29-13-14/h1-8,11,13,24H,9-10H2,(H,25,28)(H,26,27). The summed E-state index contributed by atoms with van der Waals surface area (Å²) in [5, 5.41) is 21.0. The minimum Gasteiger partial charge on any atom is -0.382 e. The van der Waals surface area contributed by atoms with Gasteiger partial charge in [0.1, 0.15) is 17.4 Å². The molecule has 0 saturated heterocycles. The van der Waals surface area contributed by atoms with Crippen molar-refractivity contribution in [2.75, 3.05) is 23.7 Å². The van der Waals surface area contributed by atoms with E-state index in [9.17, 15) is 14.0 Å². The second-order valence-corrected chi connectivity index (χ2v) is 6.75. The number of hydrogen-bond acceptors (Lipinski definition) is 5. The zero-order valence-corrected chi connectivity index (χ0v) is 16.1. The fourth-order valence-electron chi connectivity index (χ4n) is 2.63. The van der Waals surface area contributed by atoms with Crippen molar-refractivity contribution >= 4 is 34.5 Å². The average molecular weight is 408 g/mol. The minimum atomic E-state index is -0.600. The number of thiophene rings is 1. The zero-order chi connectivity index (χ0) is 20.6. The lowest BCUT2D eigenvalue weighted by Gasteiger charge is -2.12. The predicted molar refractivity (Wildman–Crippen MR) is 111 cm³/mol. The molecule has 0 unspecified atom stereocenters. The third kappa shape index (κ3) is 4.97. The van der Waals surface area contributed by atoms with E-state index in [4.69, 9.17) is 5.26 Å². The average Bonchev–Trinajstić information content (AvgIpc) is 3.26. The van der Waals surface area contributed by atoms with Gasteiger partial charge in [0, 0.05) is 18.5 Å². The number of rotatable bonds is 7. The van der Waals surface area contributed by atoms with Crippen LogP contribution in [0, 0.1) is 17.1 Å². The van der Waals surface area contributed by atoms with Crippen LogP contribution in [-0.2, 0) is 0 Å². The van der Waals surface area contributed by atoms with Crippen molar-refractivity contribution < 1.29 is 14.0 Å². The first-order valence-corrected chi connectivity index (χ1v) is 9.67. The molecule has 0 fully saturated rings. The number of hydrogen-bond donors (Lipinski definition) is 3. The summed E-state index contributed by atoms with van der Waals surface area (Å²) >= 11 is 1.41. The summed E-state index contributed by atoms with van der Waals surface area (Å²) in [7, 11) is 0. The fourth-order valence-corrected chi connectivity index (χ4v) is 3.27. The van der Waals surface area contributed by atoms with Gasteiger partial charge in [-0.25, -0.2) is 4.39 Å². The molecule has 0 aliphatic carbocycles. The molecule has 0 radical (unpaired) electrons. The zero-order valence-electron chi connectivity index (χ0n) is 15.2. The van der Waals surface area contributed by atoms with Crippen LogP contribution < -0.4 is 16.0 Å². The van der Waals surface area contributed by atoms with Crippen LogP contribution >= 0.6 is 11.3 Å². The van der Waals surface area contributed by atoms with Crippen molar-refractivity contribution in [3.63, 3.8) is 0 Å². The third-order valence-electron chi connectivity index (χ3n) is 4.05. The minimum absolute atomic E-state index is 0.0692. The van der Waals surface area contributed by atoms with E-state index in [2.05, 4.69) is 16.0 Å². The molecule has 146 valence electrons. The van der Waals surface area contributed by atoms with Gasteiger partial charge in [0.05, 0.1) is 22.5 Å². The van der Waals surface area contributed by atoms with Crippen LogP contribution in [0.2, 0.25) is 0 Å². The van der Waals surface area contributed by atoms with Crippen LogP contribution in [0.4, 0.5) is 15.8 Å². The Morgan fingerprint density at radius 3 is 2.55 bits per heavy atom. The van der Waals surface area contributed by atoms with Crippen molar-refractivity contribution in [2.24, 2.45) is 0 Å². The molecular formula is C21H17FN4O2S. The SMILES string of the molecule is N#Cc1c(F)cccc1NCCNC(=O)c1ccccc1NC(=O)c1ccsc1. The lowest BCUT2D eigenvalue weighted by molar-refractivity contribution is 0.0956. The van der Waals surface area contributed by atoms with Crippen molar-refractivity contribution in [1.82, 2.24) is 5.32 Å². The molecule has 0 saturated carbocycles. The summed E-state index contributed by atoms with van der Waals surface area (Å²) in [6.07, 6.45) is 0. The van der Waals surface area contributed by atoms with Gasteiger partial charge in [0.15, 0.2) is 0 Å². The normalized spacial score (nSPS) is 10.1. The number of nitrogens with one attached hydrogen (secondary N) is 3. The smallest absolute Gasteiger partial charge is 0.256 e. The van der Waals surface area contributed by atoms with E-state index in [-0.39, 0.29) is 23.9 Å². The van der Waals surface area contributed by atoms with Crippen LogP contribution in [0.3, 0.4) is 0 Å². The summed E-state index contributed by atoms with van der Waals surface area (Å²) in [6, 6.07) is 14.5. The Kier molecular flexibility index (Phi) is 6.55. The highest BCUT2D eigenvalue weighted by atomic mass is 32.1. The van der Waals surface area contributed by atoms with E-state index in [1.165, 1.54) is 23.5 Å². The third-order valence-corrected chi connectivity index (χ3v) is 4.74. The van der Waals surface area contributed by atoms with Crippen LogP contribution in [0.5, 0.6) is 0 Å². The summed E-state index contributed by atoms with van der Waals surface area (Å²) < 4.78 is 13.6. The van der Waals surface area contributed by atoms with Gasteiger partial charge in [-0.2, -0.15) is 16.6 Å². The highest BCUT2D eigenvalue weighted by molar-refractivity contribution is 7.08. The molecule has 3 rings (SSSR count). The number of anilines is 2. The maximum atomic E-state index is 13.6. The number of benzene rings is 2. The van der Waals surface area contributed by atoms with Crippen LogP contribution in [0.1, 0.15) is 26.3 Å². The van der Waals surface area contributed by atoms with Crippen molar-refractivity contribution in [1.29, 1.82) is 5.26 Å². The number of halogens is 1. The first-order chi connectivity index (χ1) is 14.1. The van der Waals surface area contributed by atoms with Crippen LogP contribution in [0.25, 0.3) is 0 Å². The monoisotopic (exact) mass is 408 g/mol. The number of amides is 2. The van der Waals surface area contributed by atoms with E-state index in [0.29, 0.717) is 29.0 Å².